The lowest BCUT2D eigenvalue weighted by atomic mass is 9.92. The van der Waals surface area contributed by atoms with Gasteiger partial charge in [-0.15, -0.1) is 0 Å². The zero-order chi connectivity index (χ0) is 20.9. The van der Waals surface area contributed by atoms with Gasteiger partial charge in [0.1, 0.15) is 0 Å². The SMILES string of the molecule is CC1CCCN(C(=O)C2CCN(C(=O)CCc3ncc(-c4ccccc4)o3)CC2)C1. The fourth-order valence-corrected chi connectivity index (χ4v) is 4.56. The van der Waals surface area contributed by atoms with E-state index in [1.54, 1.807) is 6.20 Å². The van der Waals surface area contributed by atoms with Crippen LogP contribution in [0, 0.1) is 11.8 Å². The highest BCUT2D eigenvalue weighted by molar-refractivity contribution is 5.80. The molecular weight excluding hydrogens is 378 g/mol. The molecule has 2 fully saturated rings. The van der Waals surface area contributed by atoms with Crippen molar-refractivity contribution in [3.05, 3.63) is 42.4 Å². The Morgan fingerprint density at radius 2 is 1.83 bits per heavy atom. The molecule has 1 unspecified atom stereocenters. The summed E-state index contributed by atoms with van der Waals surface area (Å²) in [6.07, 6.45) is 6.46. The first kappa shape index (κ1) is 20.6. The van der Waals surface area contributed by atoms with E-state index in [0.29, 0.717) is 43.6 Å². The van der Waals surface area contributed by atoms with Gasteiger partial charge in [0, 0.05) is 50.5 Å². The molecule has 2 amide bonds. The van der Waals surface area contributed by atoms with Gasteiger partial charge in [0.15, 0.2) is 11.7 Å². The molecule has 2 saturated heterocycles. The third-order valence-electron chi connectivity index (χ3n) is 6.33. The van der Waals surface area contributed by atoms with Gasteiger partial charge in [-0.2, -0.15) is 0 Å². The molecule has 6 nitrogen and oxygen atoms in total. The molecule has 0 spiro atoms. The maximum Gasteiger partial charge on any atom is 0.225 e. The number of hydrogen-bond donors (Lipinski definition) is 0. The monoisotopic (exact) mass is 409 g/mol. The number of nitrogens with zero attached hydrogens (tertiary/aromatic N) is 3. The van der Waals surface area contributed by atoms with Crippen LogP contribution in [0.4, 0.5) is 0 Å². The van der Waals surface area contributed by atoms with Gasteiger partial charge in [-0.25, -0.2) is 4.98 Å². The van der Waals surface area contributed by atoms with E-state index in [1.165, 1.54) is 6.42 Å². The van der Waals surface area contributed by atoms with Crippen molar-refractivity contribution in [2.45, 2.75) is 45.4 Å². The number of benzene rings is 1. The number of hydrogen-bond acceptors (Lipinski definition) is 4. The van der Waals surface area contributed by atoms with Crippen molar-refractivity contribution >= 4 is 11.8 Å². The van der Waals surface area contributed by atoms with Gasteiger partial charge >= 0.3 is 0 Å². The predicted octanol–water partition coefficient (Wildman–Crippen LogP) is 3.77. The molecule has 0 saturated carbocycles. The Hall–Kier alpha value is -2.63. The normalized spacial score (nSPS) is 20.4. The number of likely N-dealkylation sites (tertiary alicyclic amines) is 2. The van der Waals surface area contributed by atoms with E-state index in [-0.39, 0.29) is 11.8 Å². The van der Waals surface area contributed by atoms with E-state index in [2.05, 4.69) is 11.9 Å². The summed E-state index contributed by atoms with van der Waals surface area (Å²) in [5, 5.41) is 0. The third-order valence-corrected chi connectivity index (χ3v) is 6.33. The highest BCUT2D eigenvalue weighted by atomic mass is 16.4. The fourth-order valence-electron chi connectivity index (χ4n) is 4.56. The minimum absolute atomic E-state index is 0.0690. The zero-order valence-electron chi connectivity index (χ0n) is 17.8. The molecule has 3 heterocycles. The third kappa shape index (κ3) is 4.91. The zero-order valence-corrected chi connectivity index (χ0v) is 17.8. The largest absolute Gasteiger partial charge is 0.441 e. The van der Waals surface area contributed by atoms with Gasteiger partial charge in [-0.1, -0.05) is 37.3 Å². The number of rotatable bonds is 5. The quantitative estimate of drug-likeness (QED) is 0.754. The van der Waals surface area contributed by atoms with E-state index in [1.807, 2.05) is 40.1 Å². The van der Waals surface area contributed by atoms with Crippen molar-refractivity contribution in [1.29, 1.82) is 0 Å². The first-order valence-electron chi connectivity index (χ1n) is 11.2. The molecule has 1 aromatic carbocycles. The van der Waals surface area contributed by atoms with E-state index in [0.717, 1.165) is 43.7 Å². The van der Waals surface area contributed by atoms with Crippen LogP contribution in [-0.2, 0) is 16.0 Å². The Bertz CT molecular complexity index is 856. The molecule has 4 rings (SSSR count). The second kappa shape index (κ2) is 9.45. The molecule has 2 aromatic rings. The molecule has 0 bridgehead atoms. The van der Waals surface area contributed by atoms with Crippen molar-refractivity contribution in [1.82, 2.24) is 14.8 Å². The molecular formula is C24H31N3O3. The molecule has 1 atom stereocenters. The van der Waals surface area contributed by atoms with Crippen LogP contribution >= 0.6 is 0 Å². The molecule has 0 radical (unpaired) electrons. The predicted molar refractivity (Wildman–Crippen MR) is 115 cm³/mol. The van der Waals surface area contributed by atoms with Crippen LogP contribution in [0.25, 0.3) is 11.3 Å². The number of oxazole rings is 1. The summed E-state index contributed by atoms with van der Waals surface area (Å²) in [6, 6.07) is 9.84. The lowest BCUT2D eigenvalue weighted by molar-refractivity contribution is -0.142. The number of carbonyl (C=O) groups excluding carboxylic acids is 2. The number of aromatic nitrogens is 1. The Morgan fingerprint density at radius 1 is 1.07 bits per heavy atom. The van der Waals surface area contributed by atoms with Crippen LogP contribution in [0.5, 0.6) is 0 Å². The van der Waals surface area contributed by atoms with Crippen LogP contribution in [0.15, 0.2) is 40.9 Å². The van der Waals surface area contributed by atoms with Gasteiger partial charge < -0.3 is 14.2 Å². The highest BCUT2D eigenvalue weighted by Crippen LogP contribution is 2.24. The first-order valence-corrected chi connectivity index (χ1v) is 11.2. The summed E-state index contributed by atoms with van der Waals surface area (Å²) < 4.78 is 5.80. The van der Waals surface area contributed by atoms with Crippen molar-refractivity contribution < 1.29 is 14.0 Å². The Labute approximate surface area is 178 Å². The average molecular weight is 410 g/mol. The van der Waals surface area contributed by atoms with Crippen molar-refractivity contribution in [3.63, 3.8) is 0 Å². The summed E-state index contributed by atoms with van der Waals surface area (Å²) in [6.45, 7) is 5.33. The van der Waals surface area contributed by atoms with Gasteiger partial charge in [0.2, 0.25) is 11.8 Å². The van der Waals surface area contributed by atoms with Gasteiger partial charge in [-0.3, -0.25) is 9.59 Å². The van der Waals surface area contributed by atoms with Crippen LogP contribution in [0.2, 0.25) is 0 Å². The first-order chi connectivity index (χ1) is 14.6. The smallest absolute Gasteiger partial charge is 0.225 e. The second-order valence-electron chi connectivity index (χ2n) is 8.67. The molecule has 6 heteroatoms. The van der Waals surface area contributed by atoms with Crippen molar-refractivity contribution in [3.8, 4) is 11.3 Å². The molecule has 0 aliphatic carbocycles. The fraction of sp³-hybridized carbons (Fsp3) is 0.542. The molecule has 30 heavy (non-hydrogen) atoms. The Balaban J connectivity index is 1.23. The van der Waals surface area contributed by atoms with Crippen LogP contribution < -0.4 is 0 Å². The average Bonchev–Trinajstić information content (AvgIpc) is 3.27. The second-order valence-corrected chi connectivity index (χ2v) is 8.67. The Kier molecular flexibility index (Phi) is 6.50. The van der Waals surface area contributed by atoms with Gasteiger partial charge in [0.05, 0.1) is 6.20 Å². The maximum atomic E-state index is 12.8. The lowest BCUT2D eigenvalue weighted by Gasteiger charge is -2.37. The lowest BCUT2D eigenvalue weighted by Crippen LogP contribution is -2.47. The molecule has 1 aromatic heterocycles. The number of amides is 2. The van der Waals surface area contributed by atoms with Crippen LogP contribution in [0.1, 0.15) is 44.9 Å². The number of carbonyl (C=O) groups is 2. The summed E-state index contributed by atoms with van der Waals surface area (Å²) in [5.41, 5.74) is 0.984. The van der Waals surface area contributed by atoms with Crippen LogP contribution in [0.3, 0.4) is 0 Å². The maximum absolute atomic E-state index is 12.8. The molecule has 2 aliphatic heterocycles. The van der Waals surface area contributed by atoms with Crippen molar-refractivity contribution in [2.24, 2.45) is 11.8 Å². The number of aryl methyl sites for hydroxylation is 1. The summed E-state index contributed by atoms with van der Waals surface area (Å²) in [4.78, 5) is 33.7. The minimum Gasteiger partial charge on any atom is -0.441 e. The van der Waals surface area contributed by atoms with E-state index >= 15 is 0 Å². The molecule has 0 N–H and O–H groups in total. The number of piperidine rings is 2. The minimum atomic E-state index is 0.0690. The Morgan fingerprint density at radius 3 is 2.57 bits per heavy atom. The standard InChI is InChI=1S/C24H31N3O3/c1-18-6-5-13-27(17-18)24(29)20-11-14-26(15-12-20)23(28)10-9-22-25-16-21(30-22)19-7-3-2-4-8-19/h2-4,7-8,16,18,20H,5-6,9-15,17H2,1H3. The molecule has 2 aliphatic rings. The summed E-state index contributed by atoms with van der Waals surface area (Å²) in [5.74, 6) is 2.39. The van der Waals surface area contributed by atoms with Gasteiger partial charge in [0.25, 0.3) is 0 Å². The summed E-state index contributed by atoms with van der Waals surface area (Å²) >= 11 is 0. The van der Waals surface area contributed by atoms with Crippen molar-refractivity contribution in [2.75, 3.05) is 26.2 Å². The van der Waals surface area contributed by atoms with Crippen LogP contribution in [-0.4, -0.2) is 52.8 Å². The molecule has 160 valence electrons. The van der Waals surface area contributed by atoms with E-state index in [4.69, 9.17) is 4.42 Å². The van der Waals surface area contributed by atoms with E-state index < -0.39 is 0 Å². The van der Waals surface area contributed by atoms with E-state index in [9.17, 15) is 9.59 Å². The summed E-state index contributed by atoms with van der Waals surface area (Å²) in [7, 11) is 0. The highest BCUT2D eigenvalue weighted by Gasteiger charge is 2.31. The topological polar surface area (TPSA) is 66.7 Å². The van der Waals surface area contributed by atoms with Gasteiger partial charge in [-0.05, 0) is 31.6 Å².